The highest BCUT2D eigenvalue weighted by Crippen LogP contribution is 2.40. The summed E-state index contributed by atoms with van der Waals surface area (Å²) < 4.78 is 6.97. The summed E-state index contributed by atoms with van der Waals surface area (Å²) in [6.07, 6.45) is 2.28. The van der Waals surface area contributed by atoms with Crippen molar-refractivity contribution in [3.63, 3.8) is 0 Å². The number of benzene rings is 2. The van der Waals surface area contributed by atoms with Crippen molar-refractivity contribution in [3.05, 3.63) is 58.9 Å². The molecule has 0 N–H and O–H groups in total. The molecule has 4 aromatic rings. The molecule has 1 aliphatic rings. The van der Waals surface area contributed by atoms with Crippen molar-refractivity contribution in [2.24, 2.45) is 0 Å². The van der Waals surface area contributed by atoms with E-state index in [0.29, 0.717) is 23.6 Å². The second kappa shape index (κ2) is 5.92. The number of para-hydroxylation sites is 1. The maximum atomic E-state index is 12.8. The highest BCUT2D eigenvalue weighted by molar-refractivity contribution is 7.18. The number of hydrogen-bond acceptors (Lipinski definition) is 5. The van der Waals surface area contributed by atoms with Crippen LogP contribution in [0.2, 0.25) is 0 Å². The molecular weight excluding hydrogens is 346 g/mol. The van der Waals surface area contributed by atoms with Crippen molar-refractivity contribution < 1.29 is 9.21 Å². The number of hydrogen-bond donors (Lipinski definition) is 0. The van der Waals surface area contributed by atoms with Crippen molar-refractivity contribution in [1.29, 1.82) is 0 Å². The number of amides is 1. The zero-order valence-electron chi connectivity index (χ0n) is 14.3. The average Bonchev–Trinajstić information content (AvgIpc) is 3.28. The molecule has 6 heteroatoms. The Morgan fingerprint density at radius 2 is 2.04 bits per heavy atom. The van der Waals surface area contributed by atoms with Gasteiger partial charge >= 0.3 is 0 Å². The number of carbonyl (C=O) groups excluding carboxylic acids is 1. The maximum Gasteiger partial charge on any atom is 0.254 e. The maximum absolute atomic E-state index is 12.8. The van der Waals surface area contributed by atoms with Crippen LogP contribution in [0.1, 0.15) is 40.0 Å². The first-order chi connectivity index (χ1) is 12.7. The molecule has 2 aromatic heterocycles. The predicted octanol–water partition coefficient (Wildman–Crippen LogP) is 4.59. The number of thiazole rings is 1. The monoisotopic (exact) mass is 363 g/mol. The zero-order valence-corrected chi connectivity index (χ0v) is 15.1. The van der Waals surface area contributed by atoms with Gasteiger partial charge < -0.3 is 9.32 Å². The third-order valence-corrected chi connectivity index (χ3v) is 5.66. The predicted molar refractivity (Wildman–Crippen MR) is 101 cm³/mol. The Morgan fingerprint density at radius 1 is 1.19 bits per heavy atom. The lowest BCUT2D eigenvalue weighted by Gasteiger charge is -2.15. The van der Waals surface area contributed by atoms with Crippen molar-refractivity contribution >= 4 is 38.6 Å². The van der Waals surface area contributed by atoms with Crippen molar-refractivity contribution in [1.82, 2.24) is 14.9 Å². The van der Waals surface area contributed by atoms with Crippen molar-refractivity contribution in [3.8, 4) is 0 Å². The SMILES string of the molecule is CN(Cc1nc2ccccc2s1)C(=O)c1ccc2nc(C3CC3)oc2c1. The molecule has 130 valence electrons. The van der Waals surface area contributed by atoms with Crippen LogP contribution in [0.5, 0.6) is 0 Å². The summed E-state index contributed by atoms with van der Waals surface area (Å²) in [5, 5.41) is 0.929. The summed E-state index contributed by atoms with van der Waals surface area (Å²) in [6, 6.07) is 13.5. The molecule has 0 aliphatic heterocycles. The van der Waals surface area contributed by atoms with E-state index < -0.39 is 0 Å². The third-order valence-electron chi connectivity index (χ3n) is 4.64. The molecule has 1 aliphatic carbocycles. The molecule has 5 nitrogen and oxygen atoms in total. The lowest BCUT2D eigenvalue weighted by atomic mass is 10.2. The topological polar surface area (TPSA) is 59.2 Å². The molecular formula is C20H17N3O2S. The minimum absolute atomic E-state index is 0.0458. The molecule has 0 unspecified atom stereocenters. The summed E-state index contributed by atoms with van der Waals surface area (Å²) in [5.74, 6) is 1.21. The molecule has 0 spiro atoms. The molecule has 0 atom stereocenters. The molecule has 5 rings (SSSR count). The van der Waals surface area contributed by atoms with Gasteiger partial charge in [-0.05, 0) is 43.2 Å². The van der Waals surface area contributed by atoms with Crippen LogP contribution in [0.15, 0.2) is 46.9 Å². The molecule has 0 radical (unpaired) electrons. The molecule has 1 amide bonds. The Morgan fingerprint density at radius 3 is 2.85 bits per heavy atom. The van der Waals surface area contributed by atoms with Gasteiger partial charge in [0.2, 0.25) is 0 Å². The summed E-state index contributed by atoms with van der Waals surface area (Å²) in [6.45, 7) is 0.486. The van der Waals surface area contributed by atoms with Gasteiger partial charge in [-0.2, -0.15) is 0 Å². The number of nitrogens with zero attached hydrogens (tertiary/aromatic N) is 3. The van der Waals surface area contributed by atoms with Gasteiger partial charge in [0.1, 0.15) is 10.5 Å². The van der Waals surface area contributed by atoms with Gasteiger partial charge in [0.15, 0.2) is 11.5 Å². The number of fused-ring (bicyclic) bond motifs is 2. The highest BCUT2D eigenvalue weighted by Gasteiger charge is 2.29. The van der Waals surface area contributed by atoms with E-state index in [1.807, 2.05) is 36.4 Å². The van der Waals surface area contributed by atoms with Crippen LogP contribution in [0, 0.1) is 0 Å². The fourth-order valence-electron chi connectivity index (χ4n) is 3.06. The lowest BCUT2D eigenvalue weighted by molar-refractivity contribution is 0.0785. The second-order valence-electron chi connectivity index (χ2n) is 6.75. The van der Waals surface area contributed by atoms with Gasteiger partial charge in [-0.1, -0.05) is 12.1 Å². The lowest BCUT2D eigenvalue weighted by Crippen LogP contribution is -2.26. The quantitative estimate of drug-likeness (QED) is 0.532. The Hall–Kier alpha value is -2.73. The smallest absolute Gasteiger partial charge is 0.254 e. The largest absolute Gasteiger partial charge is 0.440 e. The van der Waals surface area contributed by atoms with Gasteiger partial charge in [-0.25, -0.2) is 9.97 Å². The van der Waals surface area contributed by atoms with Gasteiger partial charge in [0.05, 0.1) is 16.8 Å². The standard InChI is InChI=1S/C20H17N3O2S/c1-23(11-18-21-15-4-2-3-5-17(15)26-18)20(24)13-8-9-14-16(10-13)25-19(22-14)12-6-7-12/h2-5,8-10,12H,6-7,11H2,1H3. The van der Waals surface area contributed by atoms with E-state index in [9.17, 15) is 4.79 Å². The van der Waals surface area contributed by atoms with Crippen LogP contribution in [0.25, 0.3) is 21.3 Å². The number of rotatable bonds is 4. The summed E-state index contributed by atoms with van der Waals surface area (Å²) in [5.41, 5.74) is 3.09. The van der Waals surface area contributed by atoms with Crippen LogP contribution in [0.3, 0.4) is 0 Å². The summed E-state index contributed by atoms with van der Waals surface area (Å²) in [4.78, 5) is 23.6. The molecule has 0 bridgehead atoms. The number of aromatic nitrogens is 2. The summed E-state index contributed by atoms with van der Waals surface area (Å²) in [7, 11) is 1.80. The third kappa shape index (κ3) is 2.76. The van der Waals surface area contributed by atoms with E-state index in [1.54, 1.807) is 29.4 Å². The van der Waals surface area contributed by atoms with Crippen LogP contribution < -0.4 is 0 Å². The minimum atomic E-state index is -0.0458. The van der Waals surface area contributed by atoms with E-state index in [1.165, 1.54) is 0 Å². The van der Waals surface area contributed by atoms with E-state index in [-0.39, 0.29) is 5.91 Å². The van der Waals surface area contributed by atoms with E-state index in [4.69, 9.17) is 4.42 Å². The minimum Gasteiger partial charge on any atom is -0.440 e. The second-order valence-corrected chi connectivity index (χ2v) is 7.86. The molecule has 0 saturated heterocycles. The van der Waals surface area contributed by atoms with E-state index >= 15 is 0 Å². The number of oxazole rings is 1. The van der Waals surface area contributed by atoms with Crippen molar-refractivity contribution in [2.75, 3.05) is 7.05 Å². The highest BCUT2D eigenvalue weighted by atomic mass is 32.1. The number of carbonyl (C=O) groups is 1. The summed E-state index contributed by atoms with van der Waals surface area (Å²) >= 11 is 1.62. The van der Waals surface area contributed by atoms with Gasteiger partial charge in [-0.15, -0.1) is 11.3 Å². The van der Waals surface area contributed by atoms with E-state index in [2.05, 4.69) is 9.97 Å². The van der Waals surface area contributed by atoms with Crippen LogP contribution in [-0.4, -0.2) is 27.8 Å². The first-order valence-corrected chi connectivity index (χ1v) is 9.49. The van der Waals surface area contributed by atoms with Crippen LogP contribution >= 0.6 is 11.3 Å². The van der Waals surface area contributed by atoms with E-state index in [0.717, 1.165) is 39.5 Å². The van der Waals surface area contributed by atoms with Crippen LogP contribution in [0.4, 0.5) is 0 Å². The first kappa shape index (κ1) is 15.5. The van der Waals surface area contributed by atoms with Crippen LogP contribution in [-0.2, 0) is 6.54 Å². The van der Waals surface area contributed by atoms with Gasteiger partial charge in [0.25, 0.3) is 5.91 Å². The molecule has 2 heterocycles. The normalized spacial score (nSPS) is 14.2. The average molecular weight is 363 g/mol. The Labute approximate surface area is 154 Å². The fraction of sp³-hybridized carbons (Fsp3) is 0.250. The van der Waals surface area contributed by atoms with Crippen molar-refractivity contribution in [2.45, 2.75) is 25.3 Å². The Kier molecular flexibility index (Phi) is 3.53. The fourth-order valence-corrected chi connectivity index (χ4v) is 4.08. The van der Waals surface area contributed by atoms with Gasteiger partial charge in [0, 0.05) is 18.5 Å². The Balaban J connectivity index is 1.38. The molecule has 2 aromatic carbocycles. The molecule has 26 heavy (non-hydrogen) atoms. The molecule has 1 saturated carbocycles. The van der Waals surface area contributed by atoms with Gasteiger partial charge in [-0.3, -0.25) is 4.79 Å². The first-order valence-electron chi connectivity index (χ1n) is 8.68. The molecule has 1 fully saturated rings. The zero-order chi connectivity index (χ0) is 17.7. The Bertz CT molecular complexity index is 1090.